The SMILES string of the molecule is O=S(=O)(NC(=S)Nc1ccccc1)c1ccc(-n2nc(C(F)(F)F)cc2-c2ccco2)cc1. The number of nitrogens with one attached hydrogen (secondary N) is 2. The summed E-state index contributed by atoms with van der Waals surface area (Å²) in [6.45, 7) is 0. The Bertz CT molecular complexity index is 1370. The van der Waals surface area contributed by atoms with Crippen molar-refractivity contribution in [1.29, 1.82) is 0 Å². The highest BCUT2D eigenvalue weighted by molar-refractivity contribution is 7.92. The van der Waals surface area contributed by atoms with Gasteiger partial charge in [0.25, 0.3) is 10.0 Å². The summed E-state index contributed by atoms with van der Waals surface area (Å²) in [6.07, 6.45) is -3.34. The van der Waals surface area contributed by atoms with Crippen molar-refractivity contribution >= 4 is 33.0 Å². The quantitative estimate of drug-likeness (QED) is 0.388. The van der Waals surface area contributed by atoms with Crippen LogP contribution in [0.3, 0.4) is 0 Å². The largest absolute Gasteiger partial charge is 0.463 e. The molecule has 0 atom stereocenters. The van der Waals surface area contributed by atoms with E-state index in [0.717, 1.165) is 10.7 Å². The molecule has 0 spiro atoms. The molecule has 2 heterocycles. The smallest absolute Gasteiger partial charge is 0.435 e. The van der Waals surface area contributed by atoms with Crippen LogP contribution in [0.2, 0.25) is 0 Å². The van der Waals surface area contributed by atoms with Gasteiger partial charge in [-0.3, -0.25) is 4.72 Å². The molecule has 0 radical (unpaired) electrons. The number of nitrogens with zero attached hydrogens (tertiary/aromatic N) is 2. The van der Waals surface area contributed by atoms with Crippen molar-refractivity contribution in [2.24, 2.45) is 0 Å². The topological polar surface area (TPSA) is 89.2 Å². The van der Waals surface area contributed by atoms with E-state index in [-0.39, 0.29) is 27.1 Å². The number of rotatable bonds is 5. The average Bonchev–Trinajstić information content (AvgIpc) is 3.44. The van der Waals surface area contributed by atoms with Crippen molar-refractivity contribution in [3.8, 4) is 17.1 Å². The Balaban J connectivity index is 1.59. The number of thiocarbonyl (C=S) groups is 1. The van der Waals surface area contributed by atoms with Crippen molar-refractivity contribution in [3.63, 3.8) is 0 Å². The van der Waals surface area contributed by atoms with Crippen LogP contribution in [-0.4, -0.2) is 23.3 Å². The second kappa shape index (κ2) is 8.71. The fourth-order valence-corrected chi connectivity index (χ4v) is 4.30. The normalized spacial score (nSPS) is 11.8. The summed E-state index contributed by atoms with van der Waals surface area (Å²) in [5.74, 6) is 0.175. The minimum absolute atomic E-state index is 0.0642. The van der Waals surface area contributed by atoms with Gasteiger partial charge in [0.05, 0.1) is 16.8 Å². The van der Waals surface area contributed by atoms with E-state index in [1.54, 1.807) is 30.3 Å². The van der Waals surface area contributed by atoms with E-state index < -0.39 is 21.9 Å². The van der Waals surface area contributed by atoms with E-state index in [1.807, 2.05) is 0 Å². The highest BCUT2D eigenvalue weighted by Crippen LogP contribution is 2.33. The molecule has 2 aromatic carbocycles. The van der Waals surface area contributed by atoms with Gasteiger partial charge in [-0.1, -0.05) is 18.2 Å². The predicted molar refractivity (Wildman–Crippen MR) is 119 cm³/mol. The van der Waals surface area contributed by atoms with Crippen LogP contribution in [0.5, 0.6) is 0 Å². The van der Waals surface area contributed by atoms with Crippen LogP contribution < -0.4 is 10.0 Å². The monoisotopic (exact) mass is 492 g/mol. The second-order valence-electron chi connectivity index (χ2n) is 6.72. The first-order valence-corrected chi connectivity index (χ1v) is 11.2. The first-order valence-electron chi connectivity index (χ1n) is 9.34. The van der Waals surface area contributed by atoms with Crippen LogP contribution in [-0.2, 0) is 16.2 Å². The Hall–Kier alpha value is -3.64. The number of alkyl halides is 3. The summed E-state index contributed by atoms with van der Waals surface area (Å²) in [6, 6.07) is 17.8. The molecule has 0 aliphatic rings. The standard InChI is InChI=1S/C21H15F3N4O3S2/c22-21(23,24)19-13-17(18-7-4-12-31-18)28(26-19)15-8-10-16(11-9-15)33(29,30)27-20(32)25-14-5-2-1-3-6-14/h1-13H,(H2,25,27,32). The zero-order valence-corrected chi connectivity index (χ0v) is 18.2. The Labute approximate surface area is 191 Å². The van der Waals surface area contributed by atoms with Gasteiger partial charge >= 0.3 is 6.18 Å². The van der Waals surface area contributed by atoms with E-state index in [0.29, 0.717) is 5.69 Å². The van der Waals surface area contributed by atoms with E-state index in [1.165, 1.54) is 42.7 Å². The van der Waals surface area contributed by atoms with Crippen LogP contribution in [0.15, 0.2) is 88.4 Å². The number of anilines is 1. The summed E-state index contributed by atoms with van der Waals surface area (Å²) in [7, 11) is -4.03. The molecular formula is C21H15F3N4O3S2. The predicted octanol–water partition coefficient (Wildman–Crippen LogP) is 4.83. The van der Waals surface area contributed by atoms with E-state index >= 15 is 0 Å². The summed E-state index contributed by atoms with van der Waals surface area (Å²) < 4.78 is 73.5. The molecule has 0 aliphatic heterocycles. The van der Waals surface area contributed by atoms with Gasteiger partial charge in [0, 0.05) is 11.8 Å². The number of para-hydroxylation sites is 1. The zero-order valence-electron chi connectivity index (χ0n) is 16.6. The maximum absolute atomic E-state index is 13.2. The molecule has 0 saturated heterocycles. The number of aromatic nitrogens is 2. The van der Waals surface area contributed by atoms with Gasteiger partial charge in [-0.25, -0.2) is 13.1 Å². The third-order valence-corrected chi connectivity index (χ3v) is 6.12. The lowest BCUT2D eigenvalue weighted by molar-refractivity contribution is -0.141. The summed E-state index contributed by atoms with van der Waals surface area (Å²) in [4.78, 5) is -0.133. The fraction of sp³-hybridized carbons (Fsp3) is 0.0476. The number of halogens is 3. The third-order valence-electron chi connectivity index (χ3n) is 4.42. The van der Waals surface area contributed by atoms with Gasteiger partial charge in [-0.05, 0) is 60.7 Å². The molecule has 4 aromatic rings. The molecule has 0 saturated carbocycles. The van der Waals surface area contributed by atoms with Gasteiger partial charge < -0.3 is 9.73 Å². The Morgan fingerprint density at radius 3 is 2.30 bits per heavy atom. The van der Waals surface area contributed by atoms with Crippen LogP contribution in [0.4, 0.5) is 18.9 Å². The Kier molecular flexibility index (Phi) is 5.95. The summed E-state index contributed by atoms with van der Waals surface area (Å²) in [5.41, 5.74) is -0.232. The second-order valence-corrected chi connectivity index (χ2v) is 8.81. The first-order chi connectivity index (χ1) is 15.6. The minimum atomic E-state index is -4.67. The lowest BCUT2D eigenvalue weighted by Crippen LogP contribution is -2.34. The van der Waals surface area contributed by atoms with Crippen LogP contribution in [0.25, 0.3) is 17.1 Å². The molecule has 33 heavy (non-hydrogen) atoms. The molecular weight excluding hydrogens is 477 g/mol. The number of sulfonamides is 1. The van der Waals surface area contributed by atoms with Gasteiger partial charge in [0.1, 0.15) is 5.69 Å². The molecule has 2 N–H and O–H groups in total. The number of benzene rings is 2. The fourth-order valence-electron chi connectivity index (χ4n) is 2.94. The molecule has 0 aliphatic carbocycles. The van der Waals surface area contributed by atoms with Crippen molar-refractivity contribution < 1.29 is 26.0 Å². The molecule has 0 amide bonds. The van der Waals surface area contributed by atoms with E-state index in [4.69, 9.17) is 16.6 Å². The van der Waals surface area contributed by atoms with Gasteiger partial charge in [0.2, 0.25) is 0 Å². The molecule has 2 aromatic heterocycles. The minimum Gasteiger partial charge on any atom is -0.463 e. The highest BCUT2D eigenvalue weighted by Gasteiger charge is 2.35. The maximum atomic E-state index is 13.2. The van der Waals surface area contributed by atoms with E-state index in [2.05, 4.69) is 15.1 Å². The number of hydrogen-bond acceptors (Lipinski definition) is 5. The molecule has 7 nitrogen and oxygen atoms in total. The van der Waals surface area contributed by atoms with E-state index in [9.17, 15) is 21.6 Å². The molecule has 4 rings (SSSR count). The Morgan fingerprint density at radius 2 is 1.70 bits per heavy atom. The van der Waals surface area contributed by atoms with Gasteiger partial charge in [-0.15, -0.1) is 0 Å². The van der Waals surface area contributed by atoms with Crippen molar-refractivity contribution in [2.75, 3.05) is 5.32 Å². The number of furan rings is 1. The van der Waals surface area contributed by atoms with Crippen molar-refractivity contribution in [2.45, 2.75) is 11.1 Å². The van der Waals surface area contributed by atoms with Crippen LogP contribution >= 0.6 is 12.2 Å². The third kappa shape index (κ3) is 5.07. The summed E-state index contributed by atoms with van der Waals surface area (Å²) in [5, 5.41) is 6.25. The van der Waals surface area contributed by atoms with Crippen molar-refractivity contribution in [3.05, 3.63) is 84.8 Å². The lowest BCUT2D eigenvalue weighted by atomic mass is 10.2. The van der Waals surface area contributed by atoms with Gasteiger partial charge in [-0.2, -0.15) is 18.3 Å². The van der Waals surface area contributed by atoms with Crippen molar-refractivity contribution in [1.82, 2.24) is 14.5 Å². The maximum Gasteiger partial charge on any atom is 0.435 e. The molecule has 170 valence electrons. The zero-order chi connectivity index (χ0) is 23.6. The van der Waals surface area contributed by atoms with Crippen LogP contribution in [0, 0.1) is 0 Å². The molecule has 0 unspecified atom stereocenters. The number of hydrogen-bond donors (Lipinski definition) is 2. The summed E-state index contributed by atoms with van der Waals surface area (Å²) >= 11 is 5.05. The average molecular weight is 493 g/mol. The molecule has 0 bridgehead atoms. The lowest BCUT2D eigenvalue weighted by Gasteiger charge is -2.12. The van der Waals surface area contributed by atoms with Crippen LogP contribution in [0.1, 0.15) is 5.69 Å². The highest BCUT2D eigenvalue weighted by atomic mass is 32.2. The Morgan fingerprint density at radius 1 is 1.00 bits per heavy atom. The van der Waals surface area contributed by atoms with Gasteiger partial charge in [0.15, 0.2) is 16.6 Å². The molecule has 0 fully saturated rings. The molecule has 12 heteroatoms. The first kappa shape index (κ1) is 22.6.